The van der Waals surface area contributed by atoms with E-state index in [1.165, 1.54) is 6.20 Å². The molecule has 0 bridgehead atoms. The molecule has 2 aromatic heterocycles. The topological polar surface area (TPSA) is 122 Å². The Morgan fingerprint density at radius 1 is 1.11 bits per heavy atom. The van der Waals surface area contributed by atoms with E-state index in [4.69, 9.17) is 0 Å². The van der Waals surface area contributed by atoms with Gasteiger partial charge in [-0.2, -0.15) is 15.4 Å². The van der Waals surface area contributed by atoms with E-state index in [0.29, 0.717) is 35.5 Å². The quantitative estimate of drug-likeness (QED) is 0.368. The lowest BCUT2D eigenvalue weighted by Crippen LogP contribution is -2.61. The number of rotatable bonds is 6. The minimum Gasteiger partial charge on any atom is -0.341 e. The Balaban J connectivity index is 1.43. The molecule has 0 atom stereocenters. The van der Waals surface area contributed by atoms with Crippen LogP contribution in [0.3, 0.4) is 0 Å². The van der Waals surface area contributed by atoms with Crippen LogP contribution < -0.4 is 10.6 Å². The number of carbonyl (C=O) groups excluding carboxylic acids is 3. The van der Waals surface area contributed by atoms with Crippen molar-refractivity contribution in [1.29, 1.82) is 0 Å². The van der Waals surface area contributed by atoms with Crippen LogP contribution in [0.15, 0.2) is 30.5 Å². The summed E-state index contributed by atoms with van der Waals surface area (Å²) in [5, 5.41) is 15.2. The first-order valence-corrected chi connectivity index (χ1v) is 11.3. The summed E-state index contributed by atoms with van der Waals surface area (Å²) in [6.45, 7) is 4.05. The summed E-state index contributed by atoms with van der Waals surface area (Å²) in [6, 6.07) is 7.33. The van der Waals surface area contributed by atoms with Gasteiger partial charge in [-0.1, -0.05) is 17.7 Å². The number of carbonyl (C=O) groups is 3. The molecule has 11 heteroatoms. The second-order valence-electron chi connectivity index (χ2n) is 9.30. The molecule has 2 aliphatic rings. The van der Waals surface area contributed by atoms with Crippen molar-refractivity contribution in [3.8, 4) is 0 Å². The van der Waals surface area contributed by atoms with E-state index in [9.17, 15) is 23.2 Å². The number of hydrogen-bond donors (Lipinski definition) is 3. The zero-order valence-corrected chi connectivity index (χ0v) is 19.2. The van der Waals surface area contributed by atoms with Gasteiger partial charge in [0.15, 0.2) is 0 Å². The molecular formula is C24H24F2N6O3. The number of anilines is 1. The van der Waals surface area contributed by atoms with Crippen LogP contribution >= 0.6 is 0 Å². The number of halogens is 2. The van der Waals surface area contributed by atoms with Crippen LogP contribution in [0.1, 0.15) is 62.6 Å². The maximum atomic E-state index is 13.8. The predicted molar refractivity (Wildman–Crippen MR) is 121 cm³/mol. The van der Waals surface area contributed by atoms with Crippen molar-refractivity contribution in [3.63, 3.8) is 0 Å². The Bertz CT molecular complexity index is 1320. The van der Waals surface area contributed by atoms with Crippen LogP contribution in [0.4, 0.5) is 14.5 Å². The fourth-order valence-corrected chi connectivity index (χ4v) is 5.12. The largest absolute Gasteiger partial charge is 0.341 e. The highest BCUT2D eigenvalue weighted by molar-refractivity contribution is 6.43. The summed E-state index contributed by atoms with van der Waals surface area (Å²) in [5.41, 5.74) is 1.86. The molecular weight excluding hydrogens is 458 g/mol. The monoisotopic (exact) mass is 482 g/mol. The summed E-state index contributed by atoms with van der Waals surface area (Å²) in [4.78, 5) is 39.5. The molecule has 1 saturated carbocycles. The maximum absolute atomic E-state index is 13.8. The molecule has 9 nitrogen and oxygen atoms in total. The Labute approximate surface area is 199 Å². The SMILES string of the molecule is Cc1ccc(NC(=O)c2c(C)c(C(=O)C(=O)NC3(c4cn[nH]n4)CC(F)(F)C3)n3c2CCC3)cc1. The third kappa shape index (κ3) is 3.90. The number of aromatic amines is 1. The highest BCUT2D eigenvalue weighted by Crippen LogP contribution is 2.51. The van der Waals surface area contributed by atoms with Gasteiger partial charge < -0.3 is 15.2 Å². The number of benzene rings is 1. The standard InChI is InChI=1S/C24H24F2N6O3/c1-13-5-7-15(8-6-13)28-21(34)18-14(2)19(32-9-3-4-16(18)32)20(33)22(35)29-23(11-24(25,26)12-23)17-10-27-31-30-17/h5-8,10H,3-4,9,11-12H2,1-2H3,(H,28,34)(H,29,35)(H,27,30,31). The molecule has 0 saturated heterocycles. The average molecular weight is 482 g/mol. The minimum absolute atomic E-state index is 0.102. The van der Waals surface area contributed by atoms with E-state index < -0.39 is 36.0 Å². The molecule has 0 radical (unpaired) electrons. The van der Waals surface area contributed by atoms with Gasteiger partial charge in [-0.3, -0.25) is 14.4 Å². The normalized spacial score (nSPS) is 17.4. The fraction of sp³-hybridized carbons (Fsp3) is 0.375. The lowest BCUT2D eigenvalue weighted by Gasteiger charge is -2.46. The molecule has 182 valence electrons. The van der Waals surface area contributed by atoms with Gasteiger partial charge >= 0.3 is 0 Å². The molecule has 0 unspecified atom stereocenters. The summed E-state index contributed by atoms with van der Waals surface area (Å²) in [7, 11) is 0. The van der Waals surface area contributed by atoms with Crippen molar-refractivity contribution in [2.75, 3.05) is 5.32 Å². The van der Waals surface area contributed by atoms with Crippen LogP contribution in [-0.2, 0) is 23.3 Å². The van der Waals surface area contributed by atoms with E-state index in [0.717, 1.165) is 12.0 Å². The van der Waals surface area contributed by atoms with Crippen LogP contribution in [0.2, 0.25) is 0 Å². The van der Waals surface area contributed by atoms with Crippen molar-refractivity contribution >= 4 is 23.3 Å². The smallest absolute Gasteiger partial charge is 0.294 e. The summed E-state index contributed by atoms with van der Waals surface area (Å²) in [6.07, 6.45) is 1.20. The van der Waals surface area contributed by atoms with E-state index in [-0.39, 0.29) is 17.3 Å². The van der Waals surface area contributed by atoms with Crippen molar-refractivity contribution in [2.24, 2.45) is 0 Å². The Kier molecular flexibility index (Phi) is 5.30. The number of fused-ring (bicyclic) bond motifs is 1. The van der Waals surface area contributed by atoms with Crippen LogP contribution in [-0.4, -0.2) is 43.5 Å². The number of alkyl halides is 2. The van der Waals surface area contributed by atoms with Gasteiger partial charge in [-0.05, 0) is 44.4 Å². The van der Waals surface area contributed by atoms with E-state index in [1.54, 1.807) is 23.6 Å². The number of Topliss-reactive ketones (excluding diaryl/α,β-unsaturated/α-hetero) is 1. The van der Waals surface area contributed by atoms with Gasteiger partial charge in [-0.25, -0.2) is 8.78 Å². The zero-order valence-electron chi connectivity index (χ0n) is 19.2. The van der Waals surface area contributed by atoms with Gasteiger partial charge in [0.1, 0.15) is 5.69 Å². The molecule has 1 fully saturated rings. The van der Waals surface area contributed by atoms with E-state index in [1.807, 2.05) is 19.1 Å². The molecule has 3 aromatic rings. The Morgan fingerprint density at radius 3 is 2.46 bits per heavy atom. The number of aromatic nitrogens is 4. The number of H-pyrrole nitrogens is 1. The first-order chi connectivity index (χ1) is 16.6. The number of ketones is 1. The zero-order chi connectivity index (χ0) is 25.0. The van der Waals surface area contributed by atoms with Crippen LogP contribution in [0.25, 0.3) is 0 Å². The molecule has 1 aliphatic carbocycles. The first-order valence-electron chi connectivity index (χ1n) is 11.3. The Hall–Kier alpha value is -3.89. The molecule has 3 N–H and O–H groups in total. The number of aryl methyl sites for hydroxylation is 1. The second kappa shape index (κ2) is 8.10. The first kappa shape index (κ1) is 22.9. The van der Waals surface area contributed by atoms with Crippen LogP contribution in [0, 0.1) is 13.8 Å². The number of hydrogen-bond acceptors (Lipinski definition) is 5. The molecule has 35 heavy (non-hydrogen) atoms. The third-order valence-electron chi connectivity index (χ3n) is 6.75. The average Bonchev–Trinajstić information content (AvgIpc) is 3.51. The molecule has 2 amide bonds. The van der Waals surface area contributed by atoms with Crippen LogP contribution in [0.5, 0.6) is 0 Å². The fourth-order valence-electron chi connectivity index (χ4n) is 5.12. The third-order valence-corrected chi connectivity index (χ3v) is 6.75. The number of amides is 2. The van der Waals surface area contributed by atoms with Crippen molar-refractivity contribution in [1.82, 2.24) is 25.3 Å². The van der Waals surface area contributed by atoms with Gasteiger partial charge in [0.2, 0.25) is 0 Å². The minimum atomic E-state index is -2.98. The highest BCUT2D eigenvalue weighted by Gasteiger charge is 2.60. The Morgan fingerprint density at radius 2 is 1.83 bits per heavy atom. The van der Waals surface area contributed by atoms with Crippen molar-refractivity contribution < 1.29 is 23.2 Å². The summed E-state index contributed by atoms with van der Waals surface area (Å²) in [5.74, 6) is -5.25. The molecule has 1 aliphatic heterocycles. The predicted octanol–water partition coefficient (Wildman–Crippen LogP) is 3.05. The number of nitrogens with one attached hydrogen (secondary N) is 3. The van der Waals surface area contributed by atoms with Gasteiger partial charge in [0.05, 0.1) is 23.0 Å². The van der Waals surface area contributed by atoms with E-state index in [2.05, 4.69) is 26.0 Å². The van der Waals surface area contributed by atoms with E-state index >= 15 is 0 Å². The second-order valence-corrected chi connectivity index (χ2v) is 9.30. The molecule has 1 aromatic carbocycles. The maximum Gasteiger partial charge on any atom is 0.294 e. The summed E-state index contributed by atoms with van der Waals surface area (Å²) >= 11 is 0. The molecule has 3 heterocycles. The number of nitrogens with zero attached hydrogens (tertiary/aromatic N) is 3. The summed E-state index contributed by atoms with van der Waals surface area (Å²) < 4.78 is 29.3. The van der Waals surface area contributed by atoms with Gasteiger partial charge in [0, 0.05) is 30.8 Å². The highest BCUT2D eigenvalue weighted by atomic mass is 19.3. The molecule has 0 spiro atoms. The lowest BCUT2D eigenvalue weighted by atomic mass is 9.71. The van der Waals surface area contributed by atoms with Gasteiger partial charge in [0.25, 0.3) is 23.5 Å². The lowest BCUT2D eigenvalue weighted by molar-refractivity contribution is -0.148. The van der Waals surface area contributed by atoms with Crippen molar-refractivity contribution in [2.45, 2.75) is 57.5 Å². The van der Waals surface area contributed by atoms with Crippen molar-refractivity contribution in [3.05, 3.63) is 64.2 Å². The molecule has 5 rings (SSSR count). The van der Waals surface area contributed by atoms with Gasteiger partial charge in [-0.15, -0.1) is 0 Å².